The number of aryl methyl sites for hydroxylation is 3. The minimum absolute atomic E-state index is 0.723. The van der Waals surface area contributed by atoms with E-state index < -0.39 is 0 Å². The third-order valence-corrected chi connectivity index (χ3v) is 15.9. The number of hydrogen-bond acceptors (Lipinski definition) is 2. The van der Waals surface area contributed by atoms with Crippen LogP contribution in [-0.4, -0.2) is 23.7 Å². The minimum atomic E-state index is 0.723. The third kappa shape index (κ3) is 7.46. The van der Waals surface area contributed by atoms with Crippen LogP contribution in [0.2, 0.25) is 0 Å². The van der Waals surface area contributed by atoms with Gasteiger partial charge in [0.05, 0.1) is 44.5 Å². The summed E-state index contributed by atoms with van der Waals surface area (Å²) in [6, 6.07) is 92.8. The fourth-order valence-electron chi connectivity index (χ4n) is 12.2. The summed E-state index contributed by atoms with van der Waals surface area (Å²) in [5, 5.41) is 7.41. The predicted octanol–water partition coefficient (Wildman–Crippen LogP) is 19.0. The van der Waals surface area contributed by atoms with Crippen molar-refractivity contribution < 1.29 is 0 Å². The fraction of sp³-hybridized carbons (Fsp3) is 0.0411. The summed E-state index contributed by atoms with van der Waals surface area (Å²) in [5.74, 6) is 0.723. The van der Waals surface area contributed by atoms with Crippen LogP contribution in [-0.2, 0) is 0 Å². The van der Waals surface area contributed by atoms with Crippen molar-refractivity contribution in [2.75, 3.05) is 0 Å². The first kappa shape index (κ1) is 45.3. The molecule has 0 saturated carbocycles. The summed E-state index contributed by atoms with van der Waals surface area (Å²) in [4.78, 5) is 10.2. The summed E-state index contributed by atoms with van der Waals surface area (Å²) < 4.78 is 7.28. The zero-order chi connectivity index (χ0) is 52.0. The lowest BCUT2D eigenvalue weighted by molar-refractivity contribution is 1.16. The second kappa shape index (κ2) is 18.0. The van der Waals surface area contributed by atoms with Gasteiger partial charge in [-0.25, -0.2) is 9.97 Å². The molecule has 0 unspecified atom stereocenters. The average Bonchev–Trinajstić information content (AvgIpc) is 4.26. The second-order valence-corrected chi connectivity index (χ2v) is 20.8. The van der Waals surface area contributed by atoms with Crippen LogP contribution in [0.4, 0.5) is 0 Å². The summed E-state index contributed by atoms with van der Waals surface area (Å²) in [5.41, 5.74) is 23.8. The molecule has 0 radical (unpaired) electrons. The molecule has 0 bridgehead atoms. The molecule has 0 saturated heterocycles. The number of rotatable bonds is 8. The molecule has 5 heteroatoms. The van der Waals surface area contributed by atoms with Gasteiger partial charge in [-0.15, -0.1) is 0 Å². The monoisotopic (exact) mass is 997 g/mol. The molecule has 0 aliphatic heterocycles. The maximum atomic E-state index is 5.12. The Hall–Kier alpha value is -10.1. The number of fused-ring (bicyclic) bond motifs is 9. The van der Waals surface area contributed by atoms with Gasteiger partial charge in [0.15, 0.2) is 5.82 Å². The topological polar surface area (TPSA) is 40.6 Å². The summed E-state index contributed by atoms with van der Waals surface area (Å²) >= 11 is 0. The molecule has 0 amide bonds. The Labute approximate surface area is 452 Å². The lowest BCUT2D eigenvalue weighted by Crippen LogP contribution is -1.96. The number of hydrogen-bond donors (Lipinski definition) is 0. The van der Waals surface area contributed by atoms with E-state index in [1.165, 1.54) is 87.8 Å². The maximum Gasteiger partial charge on any atom is 0.160 e. The molecule has 78 heavy (non-hydrogen) atoms. The highest BCUT2D eigenvalue weighted by Crippen LogP contribution is 2.41. The Bertz CT molecular complexity index is 4530. The van der Waals surface area contributed by atoms with Crippen molar-refractivity contribution in [3.63, 3.8) is 0 Å². The normalized spacial score (nSPS) is 11.8. The molecule has 0 aliphatic rings. The Balaban J connectivity index is 0.795. The lowest BCUT2D eigenvalue weighted by atomic mass is 9.95. The van der Waals surface area contributed by atoms with Crippen LogP contribution >= 0.6 is 0 Å². The SMILES string of the molecule is Cc1cccc(-c2cc(-c3ccc(-c4ccc(-c5ccc(-n6c7ccc(-n8c9ccccc9c9ccccc98)cc7c7cc(-n8c9ccccc9c9ccccc98)ccc76)cc5)c(C)c4)cc3)nc(-c3cccc(C)c3)n2)c1. The van der Waals surface area contributed by atoms with E-state index in [0.717, 1.165) is 67.6 Å². The highest BCUT2D eigenvalue weighted by atomic mass is 15.0. The molecule has 11 aromatic carbocycles. The zero-order valence-corrected chi connectivity index (χ0v) is 43.5. The molecule has 4 heterocycles. The number of nitrogens with zero attached hydrogens (tertiary/aromatic N) is 5. The highest BCUT2D eigenvalue weighted by Gasteiger charge is 2.20. The first-order chi connectivity index (χ1) is 38.4. The van der Waals surface area contributed by atoms with E-state index in [1.54, 1.807) is 0 Å². The number of para-hydroxylation sites is 4. The molecule has 5 nitrogen and oxygen atoms in total. The first-order valence-electron chi connectivity index (χ1n) is 26.8. The van der Waals surface area contributed by atoms with Crippen molar-refractivity contribution in [1.29, 1.82) is 0 Å². The average molecular weight is 998 g/mol. The molecule has 0 spiro atoms. The van der Waals surface area contributed by atoms with Crippen LogP contribution in [0.5, 0.6) is 0 Å². The molecule has 368 valence electrons. The summed E-state index contributed by atoms with van der Waals surface area (Å²) in [7, 11) is 0. The minimum Gasteiger partial charge on any atom is -0.309 e. The molecule has 0 atom stereocenters. The van der Waals surface area contributed by atoms with E-state index in [4.69, 9.17) is 9.97 Å². The Kier molecular flexibility index (Phi) is 10.5. The standard InChI is InChI=1S/C73H51N5/c1-46-14-12-16-53(40-46)66-45-65(74-73(75-66)54-17-13-15-47(2)41-54)51-28-26-49(27-29-51)52-32-37-58(48(3)42-52)50-30-33-55(34-31-50)76-71-38-35-56(77-67-22-8-4-18-59(67)60-19-5-9-23-68(60)77)43-63(71)64-44-57(36-39-72(64)76)78-69-24-10-6-20-61(69)62-21-7-11-25-70(62)78/h4-45H,1-3H3. The van der Waals surface area contributed by atoms with Gasteiger partial charge in [0.1, 0.15) is 0 Å². The predicted molar refractivity (Wildman–Crippen MR) is 326 cm³/mol. The van der Waals surface area contributed by atoms with Crippen LogP contribution < -0.4 is 0 Å². The van der Waals surface area contributed by atoms with Crippen molar-refractivity contribution in [3.05, 3.63) is 271 Å². The van der Waals surface area contributed by atoms with Gasteiger partial charge in [0, 0.05) is 66.1 Å². The molecule has 0 aliphatic carbocycles. The molecule has 0 N–H and O–H groups in total. The van der Waals surface area contributed by atoms with Gasteiger partial charge in [-0.3, -0.25) is 0 Å². The van der Waals surface area contributed by atoms with Crippen LogP contribution in [0, 0.1) is 20.8 Å². The number of aromatic nitrogens is 5. The van der Waals surface area contributed by atoms with Crippen LogP contribution in [0.15, 0.2) is 255 Å². The molecule has 4 aromatic heterocycles. The van der Waals surface area contributed by atoms with Crippen molar-refractivity contribution in [2.24, 2.45) is 0 Å². The zero-order valence-electron chi connectivity index (χ0n) is 43.5. The summed E-state index contributed by atoms with van der Waals surface area (Å²) in [6.45, 7) is 6.45. The van der Waals surface area contributed by atoms with E-state index in [1.807, 2.05) is 0 Å². The van der Waals surface area contributed by atoms with Gasteiger partial charge in [0.25, 0.3) is 0 Å². The van der Waals surface area contributed by atoms with Gasteiger partial charge >= 0.3 is 0 Å². The molecule has 15 rings (SSSR count). The number of benzene rings is 11. The van der Waals surface area contributed by atoms with Crippen LogP contribution in [0.1, 0.15) is 16.7 Å². The largest absolute Gasteiger partial charge is 0.309 e. The van der Waals surface area contributed by atoms with Crippen LogP contribution in [0.3, 0.4) is 0 Å². The smallest absolute Gasteiger partial charge is 0.160 e. The van der Waals surface area contributed by atoms with E-state index in [2.05, 4.69) is 289 Å². The van der Waals surface area contributed by atoms with Gasteiger partial charge < -0.3 is 13.7 Å². The van der Waals surface area contributed by atoms with Crippen molar-refractivity contribution in [3.8, 4) is 73.2 Å². The van der Waals surface area contributed by atoms with Gasteiger partial charge in [-0.2, -0.15) is 0 Å². The Morgan fingerprint density at radius 1 is 0.256 bits per heavy atom. The molecule has 0 fully saturated rings. The second-order valence-electron chi connectivity index (χ2n) is 20.8. The highest BCUT2D eigenvalue weighted by molar-refractivity contribution is 6.14. The van der Waals surface area contributed by atoms with Crippen molar-refractivity contribution in [1.82, 2.24) is 23.7 Å². The van der Waals surface area contributed by atoms with Crippen molar-refractivity contribution >= 4 is 65.4 Å². The fourth-order valence-corrected chi connectivity index (χ4v) is 12.2. The molecular formula is C73H51N5. The Morgan fingerprint density at radius 2 is 0.667 bits per heavy atom. The van der Waals surface area contributed by atoms with Gasteiger partial charge in [0.2, 0.25) is 0 Å². The van der Waals surface area contributed by atoms with E-state index in [0.29, 0.717) is 0 Å². The summed E-state index contributed by atoms with van der Waals surface area (Å²) in [6.07, 6.45) is 0. The van der Waals surface area contributed by atoms with E-state index in [9.17, 15) is 0 Å². The Morgan fingerprint density at radius 3 is 1.18 bits per heavy atom. The van der Waals surface area contributed by atoms with Crippen molar-refractivity contribution in [2.45, 2.75) is 20.8 Å². The maximum absolute atomic E-state index is 5.12. The molecule has 15 aromatic rings. The third-order valence-electron chi connectivity index (χ3n) is 15.9. The first-order valence-corrected chi connectivity index (χ1v) is 26.8. The quantitative estimate of drug-likeness (QED) is 0.152. The van der Waals surface area contributed by atoms with Gasteiger partial charge in [-0.1, -0.05) is 175 Å². The lowest BCUT2D eigenvalue weighted by Gasteiger charge is -2.13. The molecular weight excluding hydrogens is 947 g/mol. The van der Waals surface area contributed by atoms with Crippen LogP contribution in [0.25, 0.3) is 139 Å². The van der Waals surface area contributed by atoms with Gasteiger partial charge in [-0.05, 0) is 140 Å². The van der Waals surface area contributed by atoms with E-state index in [-0.39, 0.29) is 0 Å². The van der Waals surface area contributed by atoms with E-state index >= 15 is 0 Å².